The van der Waals surface area contributed by atoms with Crippen LogP contribution in [0.4, 0.5) is 0 Å². The van der Waals surface area contributed by atoms with Gasteiger partial charge in [-0.3, -0.25) is 9.59 Å². The number of hydrogen-bond acceptors (Lipinski definition) is 3. The van der Waals surface area contributed by atoms with Crippen molar-refractivity contribution < 1.29 is 4.79 Å². The van der Waals surface area contributed by atoms with Crippen molar-refractivity contribution in [2.24, 2.45) is 0 Å². The van der Waals surface area contributed by atoms with Crippen molar-refractivity contribution in [1.82, 2.24) is 15.1 Å². The van der Waals surface area contributed by atoms with Gasteiger partial charge in [-0.15, -0.1) is 6.42 Å². The number of amides is 1. The van der Waals surface area contributed by atoms with Crippen LogP contribution in [-0.2, 0) is 17.9 Å². The molecule has 1 amide bonds. The van der Waals surface area contributed by atoms with Crippen LogP contribution >= 0.6 is 0 Å². The lowest BCUT2D eigenvalue weighted by Gasteiger charge is -2.18. The van der Waals surface area contributed by atoms with Gasteiger partial charge in [0.1, 0.15) is 6.54 Å². The number of benzene rings is 3. The van der Waals surface area contributed by atoms with Crippen molar-refractivity contribution in [2.45, 2.75) is 25.4 Å². The second kappa shape index (κ2) is 9.76. The van der Waals surface area contributed by atoms with Crippen molar-refractivity contribution in [3.8, 4) is 12.3 Å². The van der Waals surface area contributed by atoms with Crippen LogP contribution in [0.25, 0.3) is 10.8 Å². The molecule has 3 aromatic carbocycles. The number of rotatable bonds is 7. The Labute approximate surface area is 186 Å². The molecule has 1 N–H and O–H groups in total. The van der Waals surface area contributed by atoms with Gasteiger partial charge in [-0.25, -0.2) is 4.68 Å². The Kier molecular flexibility index (Phi) is 6.43. The maximum absolute atomic E-state index is 12.9. The average Bonchev–Trinajstić information content (AvgIpc) is 2.85. The minimum atomic E-state index is -0.234. The van der Waals surface area contributed by atoms with E-state index in [2.05, 4.69) is 16.3 Å². The first-order valence-electron chi connectivity index (χ1n) is 10.5. The number of nitrogens with zero attached hydrogens (tertiary/aromatic N) is 2. The molecular formula is C27H23N3O2. The van der Waals surface area contributed by atoms with E-state index in [0.29, 0.717) is 22.9 Å². The lowest BCUT2D eigenvalue weighted by atomic mass is 9.88. The monoisotopic (exact) mass is 421 g/mol. The summed E-state index contributed by atoms with van der Waals surface area (Å²) in [5.41, 5.74) is 2.54. The van der Waals surface area contributed by atoms with Gasteiger partial charge in [-0.2, -0.15) is 5.10 Å². The van der Waals surface area contributed by atoms with E-state index in [1.54, 1.807) is 12.1 Å². The highest BCUT2D eigenvalue weighted by atomic mass is 16.1. The van der Waals surface area contributed by atoms with Crippen molar-refractivity contribution in [1.29, 1.82) is 0 Å². The molecular weight excluding hydrogens is 398 g/mol. The Morgan fingerprint density at radius 1 is 0.906 bits per heavy atom. The van der Waals surface area contributed by atoms with Gasteiger partial charge in [-0.1, -0.05) is 84.8 Å². The van der Waals surface area contributed by atoms with Crippen molar-refractivity contribution >= 4 is 16.7 Å². The second-order valence-electron chi connectivity index (χ2n) is 7.51. The first-order valence-corrected chi connectivity index (χ1v) is 10.5. The molecule has 0 aliphatic rings. The molecule has 0 saturated heterocycles. The summed E-state index contributed by atoms with van der Waals surface area (Å²) in [6, 6.07) is 27.2. The standard InChI is InChI=1S/C27H23N3O2/c1-2-17-30-27(32)23-16-10-9-15-22(23)25(29-30)19-28-26(31)18-24(20-11-5-3-6-12-20)21-13-7-4-8-14-21/h1,3-16,24H,17-19H2,(H,28,31). The van der Waals surface area contributed by atoms with Crippen LogP contribution in [0.5, 0.6) is 0 Å². The predicted molar refractivity (Wildman–Crippen MR) is 126 cm³/mol. The van der Waals surface area contributed by atoms with Crippen LogP contribution in [0.3, 0.4) is 0 Å². The van der Waals surface area contributed by atoms with E-state index in [4.69, 9.17) is 6.42 Å². The lowest BCUT2D eigenvalue weighted by Crippen LogP contribution is -2.29. The van der Waals surface area contributed by atoms with E-state index in [1.807, 2.05) is 72.8 Å². The smallest absolute Gasteiger partial charge is 0.275 e. The highest BCUT2D eigenvalue weighted by molar-refractivity contribution is 5.84. The van der Waals surface area contributed by atoms with Crippen LogP contribution in [-0.4, -0.2) is 15.7 Å². The molecule has 0 radical (unpaired) electrons. The number of aromatic nitrogens is 2. The van der Waals surface area contributed by atoms with Gasteiger partial charge in [0.05, 0.1) is 17.6 Å². The molecule has 0 fully saturated rings. The van der Waals surface area contributed by atoms with E-state index in [0.717, 1.165) is 11.1 Å². The van der Waals surface area contributed by atoms with Gasteiger partial charge < -0.3 is 5.32 Å². The quantitative estimate of drug-likeness (QED) is 0.461. The number of terminal acetylenes is 1. The summed E-state index contributed by atoms with van der Waals surface area (Å²) in [5, 5.41) is 8.64. The van der Waals surface area contributed by atoms with Crippen molar-refractivity contribution in [2.75, 3.05) is 0 Å². The fourth-order valence-corrected chi connectivity index (χ4v) is 3.87. The summed E-state index contributed by atoms with van der Waals surface area (Å²) in [5.74, 6) is 2.31. The summed E-state index contributed by atoms with van der Waals surface area (Å²) in [6.45, 7) is 0.287. The second-order valence-corrected chi connectivity index (χ2v) is 7.51. The molecule has 0 aliphatic heterocycles. The van der Waals surface area contributed by atoms with E-state index in [9.17, 15) is 9.59 Å². The molecule has 0 bridgehead atoms. The lowest BCUT2D eigenvalue weighted by molar-refractivity contribution is -0.121. The largest absolute Gasteiger partial charge is 0.350 e. The summed E-state index contributed by atoms with van der Waals surface area (Å²) < 4.78 is 1.26. The van der Waals surface area contributed by atoms with E-state index in [-0.39, 0.29) is 30.5 Å². The summed E-state index contributed by atoms with van der Waals surface area (Å²) >= 11 is 0. The zero-order valence-corrected chi connectivity index (χ0v) is 17.6. The molecule has 32 heavy (non-hydrogen) atoms. The molecule has 0 spiro atoms. The van der Waals surface area contributed by atoms with E-state index in [1.165, 1.54) is 4.68 Å². The minimum Gasteiger partial charge on any atom is -0.350 e. The summed E-state index contributed by atoms with van der Waals surface area (Å²) in [6.07, 6.45) is 5.69. The molecule has 0 unspecified atom stereocenters. The third kappa shape index (κ3) is 4.60. The normalized spacial score (nSPS) is 10.8. The van der Waals surface area contributed by atoms with Crippen LogP contribution in [0, 0.1) is 12.3 Å². The highest BCUT2D eigenvalue weighted by Gasteiger charge is 2.18. The summed E-state index contributed by atoms with van der Waals surface area (Å²) in [4.78, 5) is 25.5. The molecule has 4 rings (SSSR count). The number of hydrogen-bond donors (Lipinski definition) is 1. The van der Waals surface area contributed by atoms with Gasteiger partial charge in [0, 0.05) is 17.7 Å². The molecule has 0 atom stereocenters. The SMILES string of the molecule is C#CCn1nc(CNC(=O)CC(c2ccccc2)c2ccccc2)c2ccccc2c1=O. The Hall–Kier alpha value is -4.17. The predicted octanol–water partition coefficient (Wildman–Crippen LogP) is 3.87. The number of fused-ring (bicyclic) bond motifs is 1. The van der Waals surface area contributed by atoms with Crippen molar-refractivity contribution in [3.63, 3.8) is 0 Å². The molecule has 5 heteroatoms. The maximum Gasteiger partial charge on any atom is 0.275 e. The molecule has 1 heterocycles. The van der Waals surface area contributed by atoms with Crippen LogP contribution in [0.15, 0.2) is 89.7 Å². The topological polar surface area (TPSA) is 64.0 Å². The van der Waals surface area contributed by atoms with Gasteiger partial charge >= 0.3 is 0 Å². The number of carbonyl (C=O) groups is 1. The minimum absolute atomic E-state index is 0.0579. The number of carbonyl (C=O) groups excluding carboxylic acids is 1. The Bertz CT molecular complexity index is 1280. The molecule has 0 aliphatic carbocycles. The van der Waals surface area contributed by atoms with Gasteiger partial charge in [0.2, 0.25) is 5.91 Å². The molecule has 0 saturated carbocycles. The van der Waals surface area contributed by atoms with Crippen LogP contribution in [0.1, 0.15) is 29.2 Å². The number of nitrogens with one attached hydrogen (secondary N) is 1. The Morgan fingerprint density at radius 2 is 1.47 bits per heavy atom. The van der Waals surface area contributed by atoms with Crippen molar-refractivity contribution in [3.05, 3.63) is 112 Å². The fourth-order valence-electron chi connectivity index (χ4n) is 3.87. The first kappa shape index (κ1) is 21.1. The Balaban J connectivity index is 1.57. The highest BCUT2D eigenvalue weighted by Crippen LogP contribution is 2.27. The summed E-state index contributed by atoms with van der Waals surface area (Å²) in [7, 11) is 0. The van der Waals surface area contributed by atoms with E-state index < -0.39 is 0 Å². The third-order valence-electron chi connectivity index (χ3n) is 5.43. The molecule has 1 aromatic heterocycles. The van der Waals surface area contributed by atoms with Gasteiger partial charge in [0.15, 0.2) is 0 Å². The third-order valence-corrected chi connectivity index (χ3v) is 5.43. The molecule has 5 nitrogen and oxygen atoms in total. The van der Waals surface area contributed by atoms with Gasteiger partial charge in [0.25, 0.3) is 5.56 Å². The zero-order chi connectivity index (χ0) is 22.3. The van der Waals surface area contributed by atoms with Gasteiger partial charge in [-0.05, 0) is 17.2 Å². The van der Waals surface area contributed by atoms with Crippen LogP contribution in [0.2, 0.25) is 0 Å². The first-order chi connectivity index (χ1) is 15.7. The zero-order valence-electron chi connectivity index (χ0n) is 17.6. The maximum atomic E-state index is 12.9. The fraction of sp³-hybridized carbons (Fsp3) is 0.148. The molecule has 158 valence electrons. The Morgan fingerprint density at radius 3 is 2.06 bits per heavy atom. The van der Waals surface area contributed by atoms with Crippen LogP contribution < -0.4 is 10.9 Å². The van der Waals surface area contributed by atoms with E-state index >= 15 is 0 Å². The average molecular weight is 422 g/mol. The molecule has 4 aromatic rings.